The van der Waals surface area contributed by atoms with E-state index in [9.17, 15) is 4.39 Å². The molecule has 1 aliphatic rings. The van der Waals surface area contributed by atoms with E-state index in [1.807, 2.05) is 0 Å². The topological polar surface area (TPSA) is 48.7 Å². The van der Waals surface area contributed by atoms with E-state index < -0.39 is 0 Å². The molecule has 0 atom stereocenters. The Morgan fingerprint density at radius 1 is 1.28 bits per heavy atom. The zero-order valence-electron chi connectivity index (χ0n) is 9.65. The minimum atomic E-state index is -0.378. The molecule has 2 heterocycles. The Labute approximate surface area is 118 Å². The Hall–Kier alpha value is -1.15. The summed E-state index contributed by atoms with van der Waals surface area (Å²) in [5, 5.41) is 12.4. The number of nitrogens with zero attached hydrogens (tertiary/aromatic N) is 2. The predicted octanol–water partition coefficient (Wildman–Crippen LogP) is 2.72. The van der Waals surface area contributed by atoms with Gasteiger partial charge in [-0.25, -0.2) is 4.39 Å². The van der Waals surface area contributed by atoms with Gasteiger partial charge in [-0.3, -0.25) is 4.98 Å². The highest BCUT2D eigenvalue weighted by atomic mass is 35.5. The van der Waals surface area contributed by atoms with Gasteiger partial charge in [-0.15, -0.1) is 24.8 Å². The van der Waals surface area contributed by atoms with Crippen LogP contribution in [0.4, 0.5) is 4.39 Å². The number of nitriles is 1. The van der Waals surface area contributed by atoms with Crippen LogP contribution in [0.5, 0.6) is 0 Å². The Balaban J connectivity index is 0.00000144. The third kappa shape index (κ3) is 3.95. The number of aromatic nitrogens is 1. The number of allylic oxidation sites excluding steroid dienone is 1. The molecule has 6 heteroatoms. The van der Waals surface area contributed by atoms with Crippen molar-refractivity contribution in [3.8, 4) is 6.07 Å². The molecule has 1 aliphatic heterocycles. The Bertz CT molecular complexity index is 443. The minimum absolute atomic E-state index is 0. The first kappa shape index (κ1) is 16.9. The Morgan fingerprint density at radius 2 is 1.94 bits per heavy atom. The fraction of sp³-hybridized carbons (Fsp3) is 0.333. The number of pyridine rings is 1. The molecule has 0 aliphatic carbocycles. The van der Waals surface area contributed by atoms with Crippen molar-refractivity contribution in [1.82, 2.24) is 10.3 Å². The molecular formula is C12H14Cl2FN3. The molecular weight excluding hydrogens is 276 g/mol. The van der Waals surface area contributed by atoms with Gasteiger partial charge in [-0.2, -0.15) is 5.26 Å². The first-order valence-corrected chi connectivity index (χ1v) is 5.26. The molecule has 0 spiro atoms. The van der Waals surface area contributed by atoms with Gasteiger partial charge in [0.05, 0.1) is 17.5 Å². The summed E-state index contributed by atoms with van der Waals surface area (Å²) in [4.78, 5) is 3.95. The Morgan fingerprint density at radius 3 is 2.44 bits per heavy atom. The van der Waals surface area contributed by atoms with Crippen molar-refractivity contribution in [3.63, 3.8) is 0 Å². The summed E-state index contributed by atoms with van der Waals surface area (Å²) in [6, 6.07) is 5.07. The molecule has 3 nitrogen and oxygen atoms in total. The molecule has 1 aromatic heterocycles. The minimum Gasteiger partial charge on any atom is -0.316 e. The van der Waals surface area contributed by atoms with Gasteiger partial charge >= 0.3 is 0 Å². The average Bonchev–Trinajstić information content (AvgIpc) is 2.34. The van der Waals surface area contributed by atoms with Crippen LogP contribution in [0.25, 0.3) is 5.57 Å². The second-order valence-corrected chi connectivity index (χ2v) is 3.70. The van der Waals surface area contributed by atoms with E-state index in [1.54, 1.807) is 6.07 Å². The maximum Gasteiger partial charge on any atom is 0.141 e. The fourth-order valence-corrected chi connectivity index (χ4v) is 1.82. The SMILES string of the molecule is Cl.Cl.N#CC(=C1CCNCC1)c1ccc(F)cn1. The number of halogens is 3. The van der Waals surface area contributed by atoms with Gasteiger partial charge in [0, 0.05) is 0 Å². The summed E-state index contributed by atoms with van der Waals surface area (Å²) in [6.45, 7) is 1.78. The summed E-state index contributed by atoms with van der Waals surface area (Å²) in [7, 11) is 0. The largest absolute Gasteiger partial charge is 0.316 e. The highest BCUT2D eigenvalue weighted by molar-refractivity contribution is 5.85. The van der Waals surface area contributed by atoms with Gasteiger partial charge in [0.25, 0.3) is 0 Å². The lowest BCUT2D eigenvalue weighted by molar-refractivity contribution is 0.611. The number of nitrogens with one attached hydrogen (secondary N) is 1. The van der Waals surface area contributed by atoms with E-state index >= 15 is 0 Å². The van der Waals surface area contributed by atoms with Crippen LogP contribution in [-0.2, 0) is 0 Å². The highest BCUT2D eigenvalue weighted by Gasteiger charge is 2.13. The van der Waals surface area contributed by atoms with E-state index in [0.29, 0.717) is 11.3 Å². The summed E-state index contributed by atoms with van der Waals surface area (Å²) < 4.78 is 12.7. The molecule has 0 bridgehead atoms. The molecule has 98 valence electrons. The number of rotatable bonds is 1. The predicted molar refractivity (Wildman–Crippen MR) is 73.3 cm³/mol. The second-order valence-electron chi connectivity index (χ2n) is 3.70. The van der Waals surface area contributed by atoms with Gasteiger partial charge in [0.15, 0.2) is 0 Å². The molecule has 1 N–H and O–H groups in total. The summed E-state index contributed by atoms with van der Waals surface area (Å²) in [6.07, 6.45) is 2.87. The molecule has 2 rings (SSSR count). The zero-order chi connectivity index (χ0) is 11.4. The van der Waals surface area contributed by atoms with Crippen LogP contribution >= 0.6 is 24.8 Å². The van der Waals surface area contributed by atoms with Crippen molar-refractivity contribution in [2.75, 3.05) is 13.1 Å². The van der Waals surface area contributed by atoms with Gasteiger partial charge in [-0.1, -0.05) is 0 Å². The molecule has 18 heavy (non-hydrogen) atoms. The maximum absolute atomic E-state index is 12.7. The van der Waals surface area contributed by atoms with Gasteiger partial charge in [0.2, 0.25) is 0 Å². The lowest BCUT2D eigenvalue weighted by Crippen LogP contribution is -2.23. The quantitative estimate of drug-likeness (QED) is 0.809. The van der Waals surface area contributed by atoms with E-state index in [-0.39, 0.29) is 30.6 Å². The van der Waals surface area contributed by atoms with Crippen molar-refractivity contribution in [2.45, 2.75) is 12.8 Å². The van der Waals surface area contributed by atoms with Crippen LogP contribution in [-0.4, -0.2) is 18.1 Å². The van der Waals surface area contributed by atoms with Gasteiger partial charge in [0.1, 0.15) is 11.9 Å². The van der Waals surface area contributed by atoms with E-state index in [1.165, 1.54) is 6.07 Å². The van der Waals surface area contributed by atoms with Crippen molar-refractivity contribution in [2.24, 2.45) is 0 Å². The second kappa shape index (κ2) is 8.04. The van der Waals surface area contributed by atoms with Crippen LogP contribution < -0.4 is 5.32 Å². The van der Waals surface area contributed by atoms with Crippen LogP contribution in [0.2, 0.25) is 0 Å². The molecule has 0 saturated carbocycles. The molecule has 0 amide bonds. The monoisotopic (exact) mass is 289 g/mol. The lowest BCUT2D eigenvalue weighted by atomic mass is 9.97. The van der Waals surface area contributed by atoms with E-state index in [0.717, 1.165) is 37.7 Å². The van der Waals surface area contributed by atoms with Gasteiger partial charge < -0.3 is 5.32 Å². The van der Waals surface area contributed by atoms with Crippen molar-refractivity contribution in [1.29, 1.82) is 5.26 Å². The van der Waals surface area contributed by atoms with Crippen molar-refractivity contribution >= 4 is 30.4 Å². The smallest absolute Gasteiger partial charge is 0.141 e. The third-order valence-corrected chi connectivity index (χ3v) is 2.66. The number of hydrogen-bond donors (Lipinski definition) is 1. The van der Waals surface area contributed by atoms with Crippen LogP contribution in [0, 0.1) is 17.1 Å². The molecule has 0 radical (unpaired) electrons. The van der Waals surface area contributed by atoms with Crippen LogP contribution in [0.1, 0.15) is 18.5 Å². The number of hydrogen-bond acceptors (Lipinski definition) is 3. The normalized spacial score (nSPS) is 13.9. The maximum atomic E-state index is 12.7. The summed E-state index contributed by atoms with van der Waals surface area (Å²) in [5.41, 5.74) is 2.28. The van der Waals surface area contributed by atoms with Crippen LogP contribution in [0.15, 0.2) is 23.9 Å². The Kier molecular flexibility index (Phi) is 7.53. The fourth-order valence-electron chi connectivity index (χ4n) is 1.82. The third-order valence-electron chi connectivity index (χ3n) is 2.66. The first-order valence-electron chi connectivity index (χ1n) is 5.26. The standard InChI is InChI=1S/C12H12FN3.2ClH/c13-10-1-2-12(16-8-10)11(7-14)9-3-5-15-6-4-9;;/h1-2,8,15H,3-6H2;2*1H. The number of piperidine rings is 1. The average molecular weight is 290 g/mol. The lowest BCUT2D eigenvalue weighted by Gasteiger charge is -2.16. The van der Waals surface area contributed by atoms with Crippen molar-refractivity contribution < 1.29 is 4.39 Å². The highest BCUT2D eigenvalue weighted by Crippen LogP contribution is 2.22. The molecule has 1 fully saturated rings. The van der Waals surface area contributed by atoms with Gasteiger partial charge in [-0.05, 0) is 43.6 Å². The first-order chi connectivity index (χ1) is 7.81. The van der Waals surface area contributed by atoms with Crippen LogP contribution in [0.3, 0.4) is 0 Å². The molecule has 0 aromatic carbocycles. The zero-order valence-corrected chi connectivity index (χ0v) is 11.3. The molecule has 1 aromatic rings. The van der Waals surface area contributed by atoms with Crippen molar-refractivity contribution in [3.05, 3.63) is 35.4 Å². The molecule has 1 saturated heterocycles. The van der Waals surface area contributed by atoms with E-state index in [2.05, 4.69) is 16.4 Å². The van der Waals surface area contributed by atoms with E-state index in [4.69, 9.17) is 5.26 Å². The summed E-state index contributed by atoms with van der Waals surface area (Å²) >= 11 is 0. The molecule has 0 unspecified atom stereocenters. The summed E-state index contributed by atoms with van der Waals surface area (Å²) in [5.74, 6) is -0.378.